The fourth-order valence-electron chi connectivity index (χ4n) is 5.34. The molecule has 3 heterocycles. The van der Waals surface area contributed by atoms with E-state index in [1.807, 2.05) is 30.0 Å². The lowest BCUT2D eigenvalue weighted by atomic mass is 9.93. The van der Waals surface area contributed by atoms with E-state index in [4.69, 9.17) is 21.1 Å². The Morgan fingerprint density at radius 2 is 1.94 bits per heavy atom. The first-order chi connectivity index (χ1) is 17.0. The average molecular weight is 497 g/mol. The fraction of sp³-hybridized carbons (Fsp3) is 0.519. The number of carbonyl (C=O) groups excluding carboxylic acids is 2. The summed E-state index contributed by atoms with van der Waals surface area (Å²) in [7, 11) is 0. The minimum Gasteiger partial charge on any atom is -0.472 e. The number of rotatable bonds is 6. The lowest BCUT2D eigenvalue weighted by Crippen LogP contribution is -2.55. The highest BCUT2D eigenvalue weighted by Crippen LogP contribution is 2.39. The van der Waals surface area contributed by atoms with Gasteiger partial charge in [-0.15, -0.1) is 0 Å². The third kappa shape index (κ3) is 4.83. The van der Waals surface area contributed by atoms with Crippen LogP contribution >= 0.6 is 11.6 Å². The number of carbonyl (C=O) groups is 2. The largest absolute Gasteiger partial charge is 0.472 e. The first kappa shape index (κ1) is 23.9. The van der Waals surface area contributed by atoms with Crippen molar-refractivity contribution >= 4 is 35.2 Å². The van der Waals surface area contributed by atoms with Gasteiger partial charge in [0.2, 0.25) is 5.91 Å². The second-order valence-corrected chi connectivity index (χ2v) is 10.3. The summed E-state index contributed by atoms with van der Waals surface area (Å²) in [6.45, 7) is 5.15. The number of hydrogen-bond acceptors (Lipinski definition) is 4. The molecular weight excluding hydrogens is 464 g/mol. The van der Waals surface area contributed by atoms with E-state index >= 15 is 0 Å². The first-order valence-corrected chi connectivity index (χ1v) is 13.1. The summed E-state index contributed by atoms with van der Waals surface area (Å²) in [4.78, 5) is 30.1. The first-order valence-electron chi connectivity index (χ1n) is 12.7. The minimum atomic E-state index is -0.299. The lowest BCUT2D eigenvalue weighted by molar-refractivity contribution is -0.138. The number of piperazine rings is 1. The Hall–Kier alpha value is -2.80. The zero-order valence-corrected chi connectivity index (χ0v) is 21.3. The molecule has 3 aliphatic rings. The van der Waals surface area contributed by atoms with Crippen LogP contribution in [0.15, 0.2) is 34.7 Å². The number of furan rings is 1. The zero-order valence-electron chi connectivity index (χ0n) is 20.5. The van der Waals surface area contributed by atoms with E-state index in [1.165, 1.54) is 37.7 Å². The summed E-state index contributed by atoms with van der Waals surface area (Å²) < 4.78 is 7.02. The maximum absolute atomic E-state index is 13.6. The Balaban J connectivity index is 1.43. The molecule has 35 heavy (non-hydrogen) atoms. The van der Waals surface area contributed by atoms with Gasteiger partial charge in [-0.1, -0.05) is 42.5 Å². The van der Waals surface area contributed by atoms with Crippen molar-refractivity contribution in [1.82, 2.24) is 19.6 Å². The molecule has 2 amide bonds. The van der Waals surface area contributed by atoms with Crippen LogP contribution in [0.3, 0.4) is 0 Å². The van der Waals surface area contributed by atoms with Gasteiger partial charge in [0.05, 0.1) is 28.9 Å². The van der Waals surface area contributed by atoms with Crippen molar-refractivity contribution in [3.05, 3.63) is 52.2 Å². The number of nitrogens with zero attached hydrogens (tertiary/aromatic N) is 4. The molecule has 5 rings (SSSR count). The normalized spacial score (nSPS) is 20.6. The highest BCUT2D eigenvalue weighted by Gasteiger charge is 2.35. The Morgan fingerprint density at radius 1 is 1.17 bits per heavy atom. The van der Waals surface area contributed by atoms with Crippen molar-refractivity contribution in [1.29, 1.82) is 0 Å². The van der Waals surface area contributed by atoms with Crippen LogP contribution < -0.4 is 0 Å². The number of amides is 2. The van der Waals surface area contributed by atoms with Crippen LogP contribution in [-0.4, -0.2) is 57.1 Å². The van der Waals surface area contributed by atoms with E-state index in [-0.39, 0.29) is 24.1 Å². The number of halogens is 1. The molecule has 0 N–H and O–H groups in total. The summed E-state index contributed by atoms with van der Waals surface area (Å²) in [5.74, 6) is 0.276. The molecule has 2 saturated carbocycles. The quantitative estimate of drug-likeness (QED) is 0.531. The third-order valence-electron chi connectivity index (χ3n) is 7.53. The summed E-state index contributed by atoms with van der Waals surface area (Å²) in [5.41, 5.74) is 3.73. The van der Waals surface area contributed by atoms with Crippen LogP contribution in [0, 0.1) is 5.92 Å². The third-order valence-corrected chi connectivity index (χ3v) is 7.90. The standard InChI is InChI=1S/C27H33ClN4O3/c1-3-22(20-11-14-35-17-20)32-23(15-18(2)19-9-10-19)25(28)26(29-32)27(34)30-12-13-31(24(33)16-30)21-7-5-4-6-8-21/h3,11,14-15,17,19,21H,4-10,12-13,16H2,1-2H3/b18-15+,22-3-. The summed E-state index contributed by atoms with van der Waals surface area (Å²) in [6.07, 6.45) is 15.3. The van der Waals surface area contributed by atoms with Gasteiger partial charge in [0, 0.05) is 24.7 Å². The van der Waals surface area contributed by atoms with Gasteiger partial charge in [-0.3, -0.25) is 9.59 Å². The lowest BCUT2D eigenvalue weighted by Gasteiger charge is -2.40. The molecule has 186 valence electrons. The predicted octanol–water partition coefficient (Wildman–Crippen LogP) is 5.47. The van der Waals surface area contributed by atoms with E-state index in [0.29, 0.717) is 35.8 Å². The summed E-state index contributed by atoms with van der Waals surface area (Å²) in [6, 6.07) is 2.17. The maximum atomic E-state index is 13.6. The zero-order chi connectivity index (χ0) is 24.5. The number of allylic oxidation sites excluding steroid dienone is 2. The van der Waals surface area contributed by atoms with Crippen LogP contribution in [0.25, 0.3) is 11.8 Å². The van der Waals surface area contributed by atoms with E-state index in [2.05, 4.69) is 6.92 Å². The van der Waals surface area contributed by atoms with Crippen molar-refractivity contribution in [2.24, 2.45) is 5.92 Å². The maximum Gasteiger partial charge on any atom is 0.276 e. The number of hydrogen-bond donors (Lipinski definition) is 0. The molecule has 0 spiro atoms. The SMILES string of the molecule is C/C=C(/c1ccoc1)n1nc(C(=O)N2CCN(C3CCCCC3)C(=O)C2)c(Cl)c1/C=C(\C)C1CC1. The predicted molar refractivity (Wildman–Crippen MR) is 136 cm³/mol. The van der Waals surface area contributed by atoms with Crippen molar-refractivity contribution in [2.75, 3.05) is 19.6 Å². The molecule has 0 unspecified atom stereocenters. The van der Waals surface area contributed by atoms with Gasteiger partial charge in [-0.2, -0.15) is 5.10 Å². The summed E-state index contributed by atoms with van der Waals surface area (Å²) in [5, 5.41) is 5.01. The Morgan fingerprint density at radius 3 is 2.57 bits per heavy atom. The molecule has 7 nitrogen and oxygen atoms in total. The topological polar surface area (TPSA) is 71.6 Å². The van der Waals surface area contributed by atoms with Crippen LogP contribution in [-0.2, 0) is 4.79 Å². The van der Waals surface area contributed by atoms with Gasteiger partial charge < -0.3 is 14.2 Å². The molecule has 2 aliphatic carbocycles. The highest BCUT2D eigenvalue weighted by atomic mass is 35.5. The van der Waals surface area contributed by atoms with Gasteiger partial charge >= 0.3 is 0 Å². The number of aromatic nitrogens is 2. The molecule has 0 atom stereocenters. The van der Waals surface area contributed by atoms with Crippen LogP contribution in [0.1, 0.15) is 80.5 Å². The molecule has 2 aromatic rings. The van der Waals surface area contributed by atoms with Gasteiger partial charge in [-0.05, 0) is 57.6 Å². The van der Waals surface area contributed by atoms with Gasteiger partial charge in [0.25, 0.3) is 5.91 Å². The molecule has 0 aromatic carbocycles. The molecule has 0 radical (unpaired) electrons. The Bertz CT molecular complexity index is 1150. The van der Waals surface area contributed by atoms with Gasteiger partial charge in [0.1, 0.15) is 6.54 Å². The molecule has 1 aliphatic heterocycles. The van der Waals surface area contributed by atoms with E-state index in [0.717, 1.165) is 24.1 Å². The Kier molecular flexibility index (Phi) is 6.87. The monoisotopic (exact) mass is 496 g/mol. The molecule has 0 bridgehead atoms. The molecule has 1 saturated heterocycles. The van der Waals surface area contributed by atoms with E-state index in [9.17, 15) is 9.59 Å². The van der Waals surface area contributed by atoms with Crippen LogP contribution in [0.4, 0.5) is 0 Å². The smallest absolute Gasteiger partial charge is 0.276 e. The fourth-order valence-corrected chi connectivity index (χ4v) is 5.59. The van der Waals surface area contributed by atoms with Crippen molar-refractivity contribution in [3.8, 4) is 0 Å². The highest BCUT2D eigenvalue weighted by molar-refractivity contribution is 6.35. The van der Waals surface area contributed by atoms with Crippen molar-refractivity contribution in [2.45, 2.75) is 64.8 Å². The molecular formula is C27H33ClN4O3. The van der Waals surface area contributed by atoms with E-state index in [1.54, 1.807) is 22.1 Å². The molecule has 8 heteroatoms. The van der Waals surface area contributed by atoms with Crippen LogP contribution in [0.2, 0.25) is 5.02 Å². The minimum absolute atomic E-state index is 0.0179. The Labute approximate surface area is 211 Å². The van der Waals surface area contributed by atoms with Gasteiger partial charge in [0.15, 0.2) is 5.69 Å². The van der Waals surface area contributed by atoms with Crippen molar-refractivity contribution < 1.29 is 14.0 Å². The molecule has 2 aromatic heterocycles. The summed E-state index contributed by atoms with van der Waals surface area (Å²) >= 11 is 6.84. The second-order valence-electron chi connectivity index (χ2n) is 9.91. The molecule has 3 fully saturated rings. The van der Waals surface area contributed by atoms with Gasteiger partial charge in [-0.25, -0.2) is 4.68 Å². The van der Waals surface area contributed by atoms with E-state index < -0.39 is 0 Å². The van der Waals surface area contributed by atoms with Crippen LogP contribution in [0.5, 0.6) is 0 Å². The van der Waals surface area contributed by atoms with Crippen molar-refractivity contribution in [3.63, 3.8) is 0 Å². The average Bonchev–Trinajstić information content (AvgIpc) is 3.51. The second kappa shape index (κ2) is 10.1.